The van der Waals surface area contributed by atoms with Crippen molar-refractivity contribution in [2.24, 2.45) is 0 Å². The number of fused-ring (bicyclic) bond motifs is 1. The molecule has 0 saturated carbocycles. The summed E-state index contributed by atoms with van der Waals surface area (Å²) in [6, 6.07) is 11.0. The van der Waals surface area contributed by atoms with Crippen LogP contribution in [0.25, 0.3) is 0 Å². The maximum atomic E-state index is 12.8. The van der Waals surface area contributed by atoms with E-state index in [2.05, 4.69) is 15.9 Å². The Morgan fingerprint density at radius 1 is 1.36 bits per heavy atom. The van der Waals surface area contributed by atoms with Gasteiger partial charge in [-0.2, -0.15) is 0 Å². The van der Waals surface area contributed by atoms with E-state index in [1.807, 2.05) is 0 Å². The van der Waals surface area contributed by atoms with Gasteiger partial charge in [0.15, 0.2) is 6.61 Å². The molecule has 28 heavy (non-hydrogen) atoms. The summed E-state index contributed by atoms with van der Waals surface area (Å²) in [5, 5.41) is 11.0. The van der Waals surface area contributed by atoms with Crippen molar-refractivity contribution in [3.63, 3.8) is 0 Å². The largest absolute Gasteiger partial charge is 0.482 e. The summed E-state index contributed by atoms with van der Waals surface area (Å²) in [6.07, 6.45) is 0. The van der Waals surface area contributed by atoms with Crippen molar-refractivity contribution in [2.45, 2.75) is 13.0 Å². The van der Waals surface area contributed by atoms with Gasteiger partial charge in [-0.15, -0.1) is 0 Å². The van der Waals surface area contributed by atoms with Gasteiger partial charge in [-0.1, -0.05) is 28.1 Å². The van der Waals surface area contributed by atoms with Crippen molar-refractivity contribution in [3.05, 3.63) is 62.6 Å². The summed E-state index contributed by atoms with van der Waals surface area (Å²) in [6.45, 7) is 1.50. The molecule has 0 spiro atoms. The van der Waals surface area contributed by atoms with E-state index < -0.39 is 11.0 Å². The normalized spacial score (nSPS) is 14.1. The van der Waals surface area contributed by atoms with Crippen molar-refractivity contribution in [1.29, 1.82) is 0 Å². The van der Waals surface area contributed by atoms with Crippen LogP contribution in [0.3, 0.4) is 0 Å². The molecule has 0 fully saturated rings. The van der Waals surface area contributed by atoms with Gasteiger partial charge in [-0.25, -0.2) is 0 Å². The summed E-state index contributed by atoms with van der Waals surface area (Å²) in [5.74, 6) is -0.0705. The molecular weight excluding hydrogens is 430 g/mol. The molecule has 2 aromatic carbocycles. The number of non-ortho nitro benzene ring substituents is 1. The second-order valence-electron chi connectivity index (χ2n) is 6.41. The molecule has 2 amide bonds. The van der Waals surface area contributed by atoms with Crippen LogP contribution in [0, 0.1) is 10.1 Å². The molecule has 1 aliphatic rings. The molecule has 0 saturated heterocycles. The lowest BCUT2D eigenvalue weighted by atomic mass is 10.1. The maximum Gasteiger partial charge on any atom is 0.269 e. The minimum Gasteiger partial charge on any atom is -0.482 e. The monoisotopic (exact) mass is 447 g/mol. The van der Waals surface area contributed by atoms with Gasteiger partial charge in [0.2, 0.25) is 5.91 Å². The van der Waals surface area contributed by atoms with Gasteiger partial charge in [0, 0.05) is 23.7 Å². The zero-order valence-corrected chi connectivity index (χ0v) is 16.9. The number of ether oxygens (including phenoxy) is 1. The number of rotatable bonds is 5. The molecule has 1 unspecified atom stereocenters. The third-order valence-electron chi connectivity index (χ3n) is 4.70. The summed E-state index contributed by atoms with van der Waals surface area (Å²) < 4.78 is 6.24. The SMILES string of the molecule is CC(c1cccc([N+](=O)[O-])c1)N(C)C(=O)CN1C(=O)COc2cc(Br)ccc21. The van der Waals surface area contributed by atoms with E-state index in [1.165, 1.54) is 21.9 Å². The predicted octanol–water partition coefficient (Wildman–Crippen LogP) is 3.30. The zero-order chi connectivity index (χ0) is 20.4. The number of hydrogen-bond donors (Lipinski definition) is 0. The lowest BCUT2D eigenvalue weighted by Gasteiger charge is -2.32. The van der Waals surface area contributed by atoms with Crippen molar-refractivity contribution in [2.75, 3.05) is 25.1 Å². The third kappa shape index (κ3) is 3.99. The van der Waals surface area contributed by atoms with Gasteiger partial charge in [0.05, 0.1) is 16.7 Å². The van der Waals surface area contributed by atoms with Gasteiger partial charge in [-0.05, 0) is 30.7 Å². The number of carbonyl (C=O) groups excluding carboxylic acids is 2. The van der Waals surface area contributed by atoms with Crippen LogP contribution in [-0.2, 0) is 9.59 Å². The number of carbonyl (C=O) groups is 2. The number of nitro groups is 1. The highest BCUT2D eigenvalue weighted by molar-refractivity contribution is 9.10. The molecule has 0 aliphatic carbocycles. The minimum absolute atomic E-state index is 0.0342. The molecule has 0 aromatic heterocycles. The Morgan fingerprint density at radius 3 is 2.82 bits per heavy atom. The summed E-state index contributed by atoms with van der Waals surface area (Å²) in [7, 11) is 1.61. The van der Waals surface area contributed by atoms with Gasteiger partial charge < -0.3 is 9.64 Å². The molecule has 1 atom stereocenters. The molecular formula is C19H18BrN3O5. The van der Waals surface area contributed by atoms with Crippen LogP contribution in [-0.4, -0.2) is 41.8 Å². The quantitative estimate of drug-likeness (QED) is 0.517. The molecule has 1 heterocycles. The Bertz CT molecular complexity index is 949. The van der Waals surface area contributed by atoms with Crippen LogP contribution < -0.4 is 9.64 Å². The van der Waals surface area contributed by atoms with E-state index in [4.69, 9.17) is 4.74 Å². The van der Waals surface area contributed by atoms with E-state index >= 15 is 0 Å². The van der Waals surface area contributed by atoms with E-state index in [-0.39, 0.29) is 30.7 Å². The standard InChI is InChI=1S/C19H18BrN3O5/c1-12(13-4-3-5-15(8-13)23(26)27)21(2)18(24)10-22-16-7-6-14(20)9-17(16)28-11-19(22)25/h3-9,12H,10-11H2,1-2H3. The van der Waals surface area contributed by atoms with E-state index in [0.717, 1.165) is 4.47 Å². The number of hydrogen-bond acceptors (Lipinski definition) is 5. The van der Waals surface area contributed by atoms with E-state index in [9.17, 15) is 19.7 Å². The van der Waals surface area contributed by atoms with Crippen LogP contribution in [0.1, 0.15) is 18.5 Å². The fraction of sp³-hybridized carbons (Fsp3) is 0.263. The molecule has 9 heteroatoms. The molecule has 3 rings (SSSR count). The van der Waals surface area contributed by atoms with Crippen LogP contribution in [0.4, 0.5) is 11.4 Å². The van der Waals surface area contributed by atoms with Crippen molar-refractivity contribution in [3.8, 4) is 5.75 Å². The predicted molar refractivity (Wildman–Crippen MR) is 106 cm³/mol. The highest BCUT2D eigenvalue weighted by Gasteiger charge is 2.29. The number of anilines is 1. The molecule has 0 radical (unpaired) electrons. The molecule has 8 nitrogen and oxygen atoms in total. The van der Waals surface area contributed by atoms with Gasteiger partial charge in [0.25, 0.3) is 11.6 Å². The number of halogens is 1. The lowest BCUT2D eigenvalue weighted by Crippen LogP contribution is -2.46. The summed E-state index contributed by atoms with van der Waals surface area (Å²) in [4.78, 5) is 38.5. The Morgan fingerprint density at radius 2 is 2.11 bits per heavy atom. The first-order valence-corrected chi connectivity index (χ1v) is 9.30. The Hall–Kier alpha value is -2.94. The first kappa shape index (κ1) is 19.8. The van der Waals surface area contributed by atoms with E-state index in [1.54, 1.807) is 44.3 Å². The smallest absolute Gasteiger partial charge is 0.269 e. The second kappa shape index (κ2) is 7.97. The van der Waals surface area contributed by atoms with Crippen molar-refractivity contribution >= 4 is 39.1 Å². The zero-order valence-electron chi connectivity index (χ0n) is 15.3. The average molecular weight is 448 g/mol. The lowest BCUT2D eigenvalue weighted by molar-refractivity contribution is -0.384. The Kier molecular flexibility index (Phi) is 5.64. The highest BCUT2D eigenvalue weighted by atomic mass is 79.9. The Labute approximate surface area is 170 Å². The highest BCUT2D eigenvalue weighted by Crippen LogP contribution is 2.34. The first-order chi connectivity index (χ1) is 13.3. The molecule has 2 aromatic rings. The van der Waals surface area contributed by atoms with Crippen molar-refractivity contribution in [1.82, 2.24) is 4.90 Å². The topological polar surface area (TPSA) is 93.0 Å². The molecule has 146 valence electrons. The fourth-order valence-electron chi connectivity index (χ4n) is 2.94. The Balaban J connectivity index is 1.78. The number of nitro benzene ring substituents is 1. The summed E-state index contributed by atoms with van der Waals surface area (Å²) >= 11 is 3.35. The van der Waals surface area contributed by atoms with Gasteiger partial charge in [0.1, 0.15) is 12.3 Å². The van der Waals surface area contributed by atoms with Crippen LogP contribution in [0.15, 0.2) is 46.9 Å². The summed E-state index contributed by atoms with van der Waals surface area (Å²) in [5.41, 5.74) is 1.14. The van der Waals surface area contributed by atoms with Crippen LogP contribution in [0.2, 0.25) is 0 Å². The van der Waals surface area contributed by atoms with Crippen molar-refractivity contribution < 1.29 is 19.2 Å². The molecule has 0 N–H and O–H groups in total. The number of nitrogens with zero attached hydrogens (tertiary/aromatic N) is 3. The number of likely N-dealkylation sites (N-methyl/N-ethyl adjacent to an activating group) is 1. The van der Waals surface area contributed by atoms with Gasteiger partial charge >= 0.3 is 0 Å². The first-order valence-electron chi connectivity index (χ1n) is 8.50. The average Bonchev–Trinajstić information content (AvgIpc) is 2.68. The third-order valence-corrected chi connectivity index (χ3v) is 5.19. The van der Waals surface area contributed by atoms with E-state index in [0.29, 0.717) is 17.0 Å². The second-order valence-corrected chi connectivity index (χ2v) is 7.33. The fourth-order valence-corrected chi connectivity index (χ4v) is 3.28. The molecule has 0 bridgehead atoms. The van der Waals surface area contributed by atoms with Gasteiger partial charge in [-0.3, -0.25) is 24.6 Å². The van der Waals surface area contributed by atoms with Crippen LogP contribution in [0.5, 0.6) is 5.75 Å². The number of amides is 2. The maximum absolute atomic E-state index is 12.8. The molecule has 1 aliphatic heterocycles. The van der Waals surface area contributed by atoms with Crippen LogP contribution >= 0.6 is 15.9 Å². The number of benzene rings is 2. The minimum atomic E-state index is -0.473.